The van der Waals surface area contributed by atoms with Gasteiger partial charge in [-0.3, -0.25) is 0 Å². The molecule has 0 aliphatic heterocycles. The maximum atomic E-state index is 12.7. The highest BCUT2D eigenvalue weighted by Gasteiger charge is 2.24. The normalized spacial score (nSPS) is 11.3. The molecule has 0 aliphatic carbocycles. The molecule has 0 fully saturated rings. The smallest absolute Gasteiger partial charge is 0.459 e. The number of ether oxygens (including phenoxy) is 2. The Balaban J connectivity index is 1.64. The summed E-state index contributed by atoms with van der Waals surface area (Å²) >= 11 is 0. The van der Waals surface area contributed by atoms with Gasteiger partial charge in [-0.1, -0.05) is 84.9 Å². The van der Waals surface area contributed by atoms with Gasteiger partial charge in [-0.2, -0.15) is 0 Å². The third-order valence-electron chi connectivity index (χ3n) is 4.73. The van der Waals surface area contributed by atoms with Gasteiger partial charge in [-0.15, -0.1) is 0 Å². The number of rotatable bonds is 9. The monoisotopic (exact) mass is 433 g/mol. The van der Waals surface area contributed by atoms with Gasteiger partial charge in [0.2, 0.25) is 0 Å². The number of hydrogen-bond donors (Lipinski definition) is 3. The third kappa shape index (κ3) is 7.26. The summed E-state index contributed by atoms with van der Waals surface area (Å²) < 4.78 is 10.6. The van der Waals surface area contributed by atoms with E-state index in [0.717, 1.165) is 11.1 Å². The first kappa shape index (κ1) is 23.1. The van der Waals surface area contributed by atoms with Gasteiger partial charge in [0, 0.05) is 6.42 Å². The van der Waals surface area contributed by atoms with Crippen molar-refractivity contribution in [3.8, 4) is 0 Å². The van der Waals surface area contributed by atoms with E-state index in [4.69, 9.17) is 9.47 Å². The van der Waals surface area contributed by atoms with Gasteiger partial charge in [0.1, 0.15) is 19.3 Å². The number of esters is 1. The van der Waals surface area contributed by atoms with E-state index in [1.807, 2.05) is 60.7 Å². The molecule has 0 saturated heterocycles. The van der Waals surface area contributed by atoms with Crippen molar-refractivity contribution in [2.24, 2.45) is 0 Å². The van der Waals surface area contributed by atoms with Crippen molar-refractivity contribution in [3.63, 3.8) is 0 Å². The minimum absolute atomic E-state index is 0.0710. The van der Waals surface area contributed by atoms with Gasteiger partial charge in [0.15, 0.2) is 0 Å². The standard InChI is InChI=1S/C24H24BNO6/c27-23(31-16-19-7-3-1-4-8-19)22(15-18-11-13-21(14-12-18)25(29)30)26-24(28)32-17-20-9-5-2-6-10-20/h1-14,22,29-30H,15-17H2,(H,26,28). The van der Waals surface area contributed by atoms with Gasteiger partial charge in [-0.25, -0.2) is 9.59 Å². The second kappa shape index (κ2) is 11.7. The molecule has 0 saturated carbocycles. The van der Waals surface area contributed by atoms with Gasteiger partial charge >= 0.3 is 19.2 Å². The summed E-state index contributed by atoms with van der Waals surface area (Å²) in [6.45, 7) is 0.147. The van der Waals surface area contributed by atoms with Crippen molar-refractivity contribution in [2.75, 3.05) is 0 Å². The van der Waals surface area contributed by atoms with E-state index < -0.39 is 25.2 Å². The van der Waals surface area contributed by atoms with E-state index in [-0.39, 0.29) is 19.6 Å². The van der Waals surface area contributed by atoms with Crippen molar-refractivity contribution < 1.29 is 29.1 Å². The molecule has 8 heteroatoms. The first-order valence-electron chi connectivity index (χ1n) is 10.1. The number of carbonyl (C=O) groups is 2. The predicted octanol–water partition coefficient (Wildman–Crippen LogP) is 1.95. The fourth-order valence-corrected chi connectivity index (χ4v) is 2.99. The third-order valence-corrected chi connectivity index (χ3v) is 4.73. The Labute approximate surface area is 186 Å². The maximum Gasteiger partial charge on any atom is 0.488 e. The molecule has 1 amide bonds. The second-order valence-electron chi connectivity index (χ2n) is 7.17. The molecule has 3 rings (SSSR count). The number of hydrogen-bond acceptors (Lipinski definition) is 6. The average molecular weight is 433 g/mol. The highest BCUT2D eigenvalue weighted by molar-refractivity contribution is 6.58. The van der Waals surface area contributed by atoms with Crippen LogP contribution in [-0.2, 0) is 33.9 Å². The van der Waals surface area contributed by atoms with E-state index in [2.05, 4.69) is 5.32 Å². The lowest BCUT2D eigenvalue weighted by molar-refractivity contribution is -0.147. The van der Waals surface area contributed by atoms with E-state index in [1.165, 1.54) is 0 Å². The van der Waals surface area contributed by atoms with Crippen LogP contribution in [0.4, 0.5) is 4.79 Å². The second-order valence-corrected chi connectivity index (χ2v) is 7.17. The minimum Gasteiger partial charge on any atom is -0.459 e. The number of nitrogens with one attached hydrogen (secondary N) is 1. The molecule has 0 aliphatic rings. The van der Waals surface area contributed by atoms with Crippen LogP contribution in [0.5, 0.6) is 0 Å². The molecular formula is C24H24BNO6. The number of amides is 1. The summed E-state index contributed by atoms with van der Waals surface area (Å²) in [5, 5.41) is 21.1. The molecule has 3 aromatic carbocycles. The molecule has 7 nitrogen and oxygen atoms in total. The Bertz CT molecular complexity index is 996. The first-order valence-corrected chi connectivity index (χ1v) is 10.1. The van der Waals surface area contributed by atoms with Crippen molar-refractivity contribution >= 4 is 24.6 Å². The Morgan fingerprint density at radius 2 is 1.28 bits per heavy atom. The van der Waals surface area contributed by atoms with Crippen molar-refractivity contribution in [1.29, 1.82) is 0 Å². The molecule has 3 N–H and O–H groups in total. The molecule has 1 atom stereocenters. The highest BCUT2D eigenvalue weighted by atomic mass is 16.6. The van der Waals surface area contributed by atoms with Crippen LogP contribution in [0.3, 0.4) is 0 Å². The molecule has 164 valence electrons. The average Bonchev–Trinajstić information content (AvgIpc) is 2.82. The largest absolute Gasteiger partial charge is 0.488 e. The Morgan fingerprint density at radius 1 is 0.750 bits per heavy atom. The topological polar surface area (TPSA) is 105 Å². The van der Waals surface area contributed by atoms with Crippen molar-refractivity contribution in [3.05, 3.63) is 102 Å². The van der Waals surface area contributed by atoms with Gasteiger partial charge < -0.3 is 24.8 Å². The van der Waals surface area contributed by atoms with E-state index >= 15 is 0 Å². The van der Waals surface area contributed by atoms with E-state index in [1.54, 1.807) is 24.3 Å². The lowest BCUT2D eigenvalue weighted by Crippen LogP contribution is -2.43. The fraction of sp³-hybridized carbons (Fsp3) is 0.167. The molecule has 0 bridgehead atoms. The van der Waals surface area contributed by atoms with Crippen molar-refractivity contribution in [1.82, 2.24) is 5.32 Å². The molecule has 1 unspecified atom stereocenters. The van der Waals surface area contributed by atoms with Crippen LogP contribution in [0.15, 0.2) is 84.9 Å². The molecule has 0 radical (unpaired) electrons. The molecule has 3 aromatic rings. The van der Waals surface area contributed by atoms with Crippen LogP contribution >= 0.6 is 0 Å². The van der Waals surface area contributed by atoms with Crippen LogP contribution in [0.2, 0.25) is 0 Å². The minimum atomic E-state index is -1.58. The Hall–Kier alpha value is -3.62. The lowest BCUT2D eigenvalue weighted by Gasteiger charge is -2.18. The summed E-state index contributed by atoms with van der Waals surface area (Å²) in [6.07, 6.45) is -0.589. The molecule has 32 heavy (non-hydrogen) atoms. The fourth-order valence-electron chi connectivity index (χ4n) is 2.99. The van der Waals surface area contributed by atoms with Crippen LogP contribution in [0.25, 0.3) is 0 Å². The molecule has 0 aromatic heterocycles. The first-order chi connectivity index (χ1) is 15.5. The van der Waals surface area contributed by atoms with Crippen LogP contribution in [0.1, 0.15) is 16.7 Å². The maximum absolute atomic E-state index is 12.7. The quantitative estimate of drug-likeness (QED) is 0.352. The summed E-state index contributed by atoms with van der Waals surface area (Å²) in [4.78, 5) is 25.1. The highest BCUT2D eigenvalue weighted by Crippen LogP contribution is 2.08. The van der Waals surface area contributed by atoms with E-state index in [9.17, 15) is 19.6 Å². The summed E-state index contributed by atoms with van der Waals surface area (Å²) in [7, 11) is -1.58. The van der Waals surface area contributed by atoms with Gasteiger partial charge in [-0.05, 0) is 22.2 Å². The summed E-state index contributed by atoms with van der Waals surface area (Å²) in [5.41, 5.74) is 2.68. The Morgan fingerprint density at radius 3 is 1.81 bits per heavy atom. The van der Waals surface area contributed by atoms with Crippen LogP contribution in [0, 0.1) is 0 Å². The van der Waals surface area contributed by atoms with Crippen LogP contribution < -0.4 is 10.8 Å². The number of carbonyl (C=O) groups excluding carboxylic acids is 2. The van der Waals surface area contributed by atoms with Gasteiger partial charge in [0.05, 0.1) is 0 Å². The molecule has 0 spiro atoms. The SMILES string of the molecule is O=C(NC(Cc1ccc(B(O)O)cc1)C(=O)OCc1ccccc1)OCc1ccccc1. The Kier molecular flexibility index (Phi) is 8.42. The zero-order valence-electron chi connectivity index (χ0n) is 17.4. The lowest BCUT2D eigenvalue weighted by atomic mass is 9.80. The predicted molar refractivity (Wildman–Crippen MR) is 120 cm³/mol. The summed E-state index contributed by atoms with van der Waals surface area (Å²) in [5.74, 6) is -0.600. The number of alkyl carbamates (subject to hydrolysis) is 1. The van der Waals surface area contributed by atoms with Crippen LogP contribution in [-0.4, -0.2) is 35.3 Å². The molecule has 0 heterocycles. The van der Waals surface area contributed by atoms with Gasteiger partial charge in [0.25, 0.3) is 0 Å². The summed E-state index contributed by atoms with van der Waals surface area (Å²) in [6, 6.07) is 23.8. The molecular weight excluding hydrogens is 409 g/mol. The zero-order valence-corrected chi connectivity index (χ0v) is 17.4. The number of benzene rings is 3. The zero-order chi connectivity index (χ0) is 22.8. The van der Waals surface area contributed by atoms with Crippen molar-refractivity contribution in [2.45, 2.75) is 25.7 Å². The van der Waals surface area contributed by atoms with E-state index in [0.29, 0.717) is 11.0 Å².